The van der Waals surface area contributed by atoms with Crippen LogP contribution in [0.5, 0.6) is 5.75 Å². The van der Waals surface area contributed by atoms with Crippen LogP contribution in [0.2, 0.25) is 0 Å². The summed E-state index contributed by atoms with van der Waals surface area (Å²) in [5.74, 6) is 1.13. The van der Waals surface area contributed by atoms with Crippen molar-refractivity contribution in [1.29, 1.82) is 0 Å². The number of ether oxygens (including phenoxy) is 1. The Bertz CT molecular complexity index is 2570. The molecule has 0 saturated heterocycles. The number of fused-ring (bicyclic) bond motifs is 6. The third-order valence-electron chi connectivity index (χ3n) is 10.3. The summed E-state index contributed by atoms with van der Waals surface area (Å²) in [6.45, 7) is 0. The first-order valence-electron chi connectivity index (χ1n) is 17.9. The second kappa shape index (κ2) is 12.5. The van der Waals surface area contributed by atoms with Gasteiger partial charge in [-0.15, -0.1) is 0 Å². The highest BCUT2D eigenvalue weighted by Crippen LogP contribution is 2.49. The fourth-order valence-electron chi connectivity index (χ4n) is 8.00. The Kier molecular flexibility index (Phi) is 7.24. The molecule has 0 radical (unpaired) electrons. The number of allylic oxidation sites excluding steroid dienone is 2. The molecule has 4 heteroatoms. The summed E-state index contributed by atoms with van der Waals surface area (Å²) in [4.78, 5) is 4.79. The minimum atomic E-state index is 0.0234. The summed E-state index contributed by atoms with van der Waals surface area (Å²) < 4.78 is 8.81. The maximum atomic E-state index is 6.40. The van der Waals surface area contributed by atoms with Crippen molar-refractivity contribution in [3.8, 4) is 11.4 Å². The Morgan fingerprint density at radius 1 is 0.462 bits per heavy atom. The van der Waals surface area contributed by atoms with Crippen LogP contribution >= 0.6 is 0 Å². The van der Waals surface area contributed by atoms with Crippen LogP contribution in [-0.2, 0) is 0 Å². The van der Waals surface area contributed by atoms with Crippen LogP contribution in [0, 0.1) is 0 Å². The van der Waals surface area contributed by atoms with Gasteiger partial charge in [0.2, 0.25) is 0 Å². The molecule has 2 atom stereocenters. The molecule has 0 spiro atoms. The van der Waals surface area contributed by atoms with Gasteiger partial charge in [0.25, 0.3) is 0 Å². The van der Waals surface area contributed by atoms with E-state index in [1.165, 1.54) is 16.3 Å². The molecule has 248 valence electrons. The Morgan fingerprint density at radius 3 is 1.75 bits per heavy atom. The standard InChI is InChI=1S/C48H35N3O/c1-5-17-34(18-6-1)49(38-29-30-47-42(31-38)40-25-14-16-28-46(40)52-47)39-32-44(50(35-19-7-2-8-20-35)36-21-9-3-10-22-36)48-41-26-13-15-27-43(41)51(45(48)33-39)37-23-11-4-12-24-37/h1-33,40,46H. The van der Waals surface area contributed by atoms with Gasteiger partial charge in [0.05, 0.1) is 22.4 Å². The molecule has 0 saturated carbocycles. The first-order valence-corrected chi connectivity index (χ1v) is 17.9. The zero-order valence-electron chi connectivity index (χ0n) is 28.5. The zero-order chi connectivity index (χ0) is 34.4. The predicted octanol–water partition coefficient (Wildman–Crippen LogP) is 12.7. The smallest absolute Gasteiger partial charge is 0.128 e. The third kappa shape index (κ3) is 4.99. The summed E-state index contributed by atoms with van der Waals surface area (Å²) in [5, 5.41) is 2.39. The number of hydrogen-bond donors (Lipinski definition) is 0. The number of rotatable bonds is 7. The van der Waals surface area contributed by atoms with E-state index in [4.69, 9.17) is 4.74 Å². The van der Waals surface area contributed by atoms with Crippen LogP contribution in [0.25, 0.3) is 27.5 Å². The molecule has 8 aromatic rings. The fraction of sp³-hybridized carbons (Fsp3) is 0.0417. The van der Waals surface area contributed by atoms with Gasteiger partial charge in [-0.3, -0.25) is 0 Å². The molecule has 0 bridgehead atoms. The molecular weight excluding hydrogens is 635 g/mol. The van der Waals surface area contributed by atoms with E-state index in [0.717, 1.165) is 56.6 Å². The lowest BCUT2D eigenvalue weighted by atomic mass is 9.91. The molecule has 1 aliphatic carbocycles. The Morgan fingerprint density at radius 2 is 1.06 bits per heavy atom. The second-order valence-corrected chi connectivity index (χ2v) is 13.3. The van der Waals surface area contributed by atoms with Crippen molar-refractivity contribution in [1.82, 2.24) is 4.57 Å². The lowest BCUT2D eigenvalue weighted by Crippen LogP contribution is -2.16. The van der Waals surface area contributed by atoms with E-state index in [1.807, 2.05) is 0 Å². The average Bonchev–Trinajstić information content (AvgIpc) is 3.75. The zero-order valence-corrected chi connectivity index (χ0v) is 28.5. The van der Waals surface area contributed by atoms with Crippen LogP contribution in [-0.4, -0.2) is 10.7 Å². The molecular formula is C48H35N3O. The van der Waals surface area contributed by atoms with E-state index in [9.17, 15) is 0 Å². The van der Waals surface area contributed by atoms with Crippen molar-refractivity contribution >= 4 is 55.9 Å². The molecule has 1 aliphatic heterocycles. The summed E-state index contributed by atoms with van der Waals surface area (Å²) in [6, 6.07) is 63.0. The number of anilines is 6. The lowest BCUT2D eigenvalue weighted by Gasteiger charge is -2.30. The second-order valence-electron chi connectivity index (χ2n) is 13.3. The molecule has 0 N–H and O–H groups in total. The molecule has 2 unspecified atom stereocenters. The quantitative estimate of drug-likeness (QED) is 0.168. The van der Waals surface area contributed by atoms with Crippen molar-refractivity contribution in [2.45, 2.75) is 12.0 Å². The molecule has 0 amide bonds. The van der Waals surface area contributed by atoms with E-state index >= 15 is 0 Å². The van der Waals surface area contributed by atoms with Crippen molar-refractivity contribution in [3.05, 3.63) is 206 Å². The van der Waals surface area contributed by atoms with Gasteiger partial charge in [-0.2, -0.15) is 0 Å². The molecule has 52 heavy (non-hydrogen) atoms. The van der Waals surface area contributed by atoms with E-state index in [0.29, 0.717) is 0 Å². The number of benzene rings is 7. The summed E-state index contributed by atoms with van der Waals surface area (Å²) in [6.07, 6.45) is 8.65. The summed E-state index contributed by atoms with van der Waals surface area (Å²) in [7, 11) is 0. The SMILES string of the molecule is C1=CC2Oc3ccc(N(c4ccccc4)c4cc(N(c5ccccc5)c5ccccc5)c5c6ccccc6n(-c6ccccc6)c5c4)cc3C2C=C1. The van der Waals surface area contributed by atoms with Gasteiger partial charge in [-0.25, -0.2) is 0 Å². The normalized spacial score (nSPS) is 15.7. The lowest BCUT2D eigenvalue weighted by molar-refractivity contribution is 0.269. The number of para-hydroxylation sites is 5. The molecule has 2 aliphatic rings. The van der Waals surface area contributed by atoms with Crippen molar-refractivity contribution < 1.29 is 4.74 Å². The highest BCUT2D eigenvalue weighted by molar-refractivity contribution is 6.18. The number of hydrogen-bond acceptors (Lipinski definition) is 3. The number of aromatic nitrogens is 1. The van der Waals surface area contributed by atoms with Crippen molar-refractivity contribution in [2.24, 2.45) is 0 Å². The fourth-order valence-corrected chi connectivity index (χ4v) is 8.00. The molecule has 4 nitrogen and oxygen atoms in total. The number of nitrogens with zero attached hydrogens (tertiary/aromatic N) is 3. The Labute approximate surface area is 303 Å². The Hall–Kier alpha value is -6.78. The van der Waals surface area contributed by atoms with Crippen LogP contribution in [0.15, 0.2) is 200 Å². The van der Waals surface area contributed by atoms with Crippen LogP contribution in [0.1, 0.15) is 11.5 Å². The first kappa shape index (κ1) is 30.1. The van der Waals surface area contributed by atoms with E-state index in [-0.39, 0.29) is 12.0 Å². The maximum Gasteiger partial charge on any atom is 0.128 e. The van der Waals surface area contributed by atoms with Crippen LogP contribution in [0.3, 0.4) is 0 Å². The van der Waals surface area contributed by atoms with Crippen molar-refractivity contribution in [2.75, 3.05) is 9.80 Å². The van der Waals surface area contributed by atoms with Gasteiger partial charge in [0.1, 0.15) is 11.9 Å². The van der Waals surface area contributed by atoms with Gasteiger partial charge < -0.3 is 19.1 Å². The largest absolute Gasteiger partial charge is 0.485 e. The molecule has 1 aromatic heterocycles. The Balaban J connectivity index is 1.30. The molecule has 10 rings (SSSR count). The van der Waals surface area contributed by atoms with E-state index in [1.54, 1.807) is 0 Å². The minimum Gasteiger partial charge on any atom is -0.485 e. The van der Waals surface area contributed by atoms with Crippen molar-refractivity contribution in [3.63, 3.8) is 0 Å². The third-order valence-corrected chi connectivity index (χ3v) is 10.3. The molecule has 0 fully saturated rings. The van der Waals surface area contributed by atoms with Gasteiger partial charge in [0.15, 0.2) is 0 Å². The maximum absolute atomic E-state index is 6.40. The summed E-state index contributed by atoms with van der Waals surface area (Å²) in [5.41, 5.74) is 11.1. The highest BCUT2D eigenvalue weighted by atomic mass is 16.5. The minimum absolute atomic E-state index is 0.0234. The van der Waals surface area contributed by atoms with Gasteiger partial charge >= 0.3 is 0 Å². The predicted molar refractivity (Wildman–Crippen MR) is 216 cm³/mol. The monoisotopic (exact) mass is 669 g/mol. The highest BCUT2D eigenvalue weighted by Gasteiger charge is 2.33. The van der Waals surface area contributed by atoms with E-state index < -0.39 is 0 Å². The molecule has 7 aromatic carbocycles. The average molecular weight is 670 g/mol. The summed E-state index contributed by atoms with van der Waals surface area (Å²) >= 11 is 0. The van der Waals surface area contributed by atoms with Gasteiger partial charge in [-0.05, 0) is 91.0 Å². The topological polar surface area (TPSA) is 20.6 Å². The van der Waals surface area contributed by atoms with E-state index in [2.05, 4.69) is 215 Å². The molecule has 2 heterocycles. The van der Waals surface area contributed by atoms with Gasteiger partial charge in [-0.1, -0.05) is 109 Å². The van der Waals surface area contributed by atoms with Crippen LogP contribution < -0.4 is 14.5 Å². The van der Waals surface area contributed by atoms with Gasteiger partial charge in [0, 0.05) is 50.7 Å². The van der Waals surface area contributed by atoms with Crippen LogP contribution in [0.4, 0.5) is 34.1 Å². The first-order chi connectivity index (χ1) is 25.8.